The van der Waals surface area contributed by atoms with Crippen molar-refractivity contribution in [2.24, 2.45) is 0 Å². The third-order valence-corrected chi connectivity index (χ3v) is 6.56. The number of nitrogens with one attached hydrogen (secondary N) is 1. The average Bonchev–Trinajstić information content (AvgIpc) is 3.23. The largest absolute Gasteiger partial charge is 0.484 e. The SMILES string of the molecule is CC(NC(=O)COc1ccc(S(=O)(=O)N2CCCC2)cc1)c1ccc(F)cc1. The van der Waals surface area contributed by atoms with Crippen molar-refractivity contribution >= 4 is 15.9 Å². The lowest BCUT2D eigenvalue weighted by Crippen LogP contribution is -2.31. The summed E-state index contributed by atoms with van der Waals surface area (Å²) < 4.78 is 44.9. The fourth-order valence-corrected chi connectivity index (χ4v) is 4.57. The Bertz CT molecular complexity index is 908. The lowest BCUT2D eigenvalue weighted by molar-refractivity contribution is -0.123. The highest BCUT2D eigenvalue weighted by Gasteiger charge is 2.26. The van der Waals surface area contributed by atoms with Gasteiger partial charge in [0.2, 0.25) is 10.0 Å². The molecule has 1 amide bonds. The van der Waals surface area contributed by atoms with Crippen LogP contribution in [0.2, 0.25) is 0 Å². The van der Waals surface area contributed by atoms with Crippen molar-refractivity contribution in [1.29, 1.82) is 0 Å². The number of hydrogen-bond acceptors (Lipinski definition) is 4. The van der Waals surface area contributed by atoms with E-state index in [2.05, 4.69) is 5.32 Å². The van der Waals surface area contributed by atoms with E-state index in [1.165, 1.54) is 28.6 Å². The average molecular weight is 406 g/mol. The van der Waals surface area contributed by atoms with Gasteiger partial charge in [-0.15, -0.1) is 0 Å². The molecule has 2 aromatic rings. The van der Waals surface area contributed by atoms with Crippen molar-refractivity contribution in [2.45, 2.75) is 30.7 Å². The Morgan fingerprint density at radius 2 is 1.71 bits per heavy atom. The molecule has 28 heavy (non-hydrogen) atoms. The second kappa shape index (κ2) is 8.70. The molecule has 8 heteroatoms. The van der Waals surface area contributed by atoms with Crippen LogP contribution >= 0.6 is 0 Å². The molecular formula is C20H23FN2O4S. The zero-order chi connectivity index (χ0) is 20.1. The quantitative estimate of drug-likeness (QED) is 0.767. The van der Waals surface area contributed by atoms with Crippen LogP contribution in [0, 0.1) is 5.82 Å². The summed E-state index contributed by atoms with van der Waals surface area (Å²) in [6, 6.07) is 11.7. The van der Waals surface area contributed by atoms with E-state index >= 15 is 0 Å². The third-order valence-electron chi connectivity index (χ3n) is 4.64. The number of halogens is 1. The number of carbonyl (C=O) groups excluding carboxylic acids is 1. The second-order valence-corrected chi connectivity index (χ2v) is 8.65. The number of ether oxygens (including phenoxy) is 1. The maximum absolute atomic E-state index is 13.0. The maximum Gasteiger partial charge on any atom is 0.258 e. The maximum atomic E-state index is 13.0. The lowest BCUT2D eigenvalue weighted by Gasteiger charge is -2.16. The molecule has 0 aliphatic carbocycles. The van der Waals surface area contributed by atoms with Crippen LogP contribution in [0.5, 0.6) is 5.75 Å². The number of benzene rings is 2. The van der Waals surface area contributed by atoms with E-state index in [9.17, 15) is 17.6 Å². The van der Waals surface area contributed by atoms with Gasteiger partial charge in [0.05, 0.1) is 10.9 Å². The van der Waals surface area contributed by atoms with Gasteiger partial charge in [-0.25, -0.2) is 12.8 Å². The van der Waals surface area contributed by atoms with Gasteiger partial charge < -0.3 is 10.1 Å². The number of hydrogen-bond donors (Lipinski definition) is 1. The van der Waals surface area contributed by atoms with Gasteiger partial charge in [0, 0.05) is 13.1 Å². The van der Waals surface area contributed by atoms with Gasteiger partial charge in [-0.2, -0.15) is 4.31 Å². The van der Waals surface area contributed by atoms with Crippen molar-refractivity contribution in [3.8, 4) is 5.75 Å². The first-order valence-corrected chi connectivity index (χ1v) is 10.6. The molecule has 0 spiro atoms. The fourth-order valence-electron chi connectivity index (χ4n) is 3.05. The summed E-state index contributed by atoms with van der Waals surface area (Å²) >= 11 is 0. The zero-order valence-electron chi connectivity index (χ0n) is 15.6. The van der Waals surface area contributed by atoms with Gasteiger partial charge in [-0.3, -0.25) is 4.79 Å². The van der Waals surface area contributed by atoms with Gasteiger partial charge in [-0.05, 0) is 61.7 Å². The predicted molar refractivity (Wildman–Crippen MR) is 103 cm³/mol. The normalized spacial score (nSPS) is 15.9. The summed E-state index contributed by atoms with van der Waals surface area (Å²) in [4.78, 5) is 12.3. The fraction of sp³-hybridized carbons (Fsp3) is 0.350. The minimum absolute atomic E-state index is 0.205. The minimum atomic E-state index is -3.46. The van der Waals surface area contributed by atoms with Crippen LogP contribution in [0.3, 0.4) is 0 Å². The Balaban J connectivity index is 1.53. The van der Waals surface area contributed by atoms with Gasteiger partial charge in [0.25, 0.3) is 5.91 Å². The van der Waals surface area contributed by atoms with E-state index in [0.717, 1.165) is 18.4 Å². The molecule has 0 bridgehead atoms. The molecule has 2 aromatic carbocycles. The Labute approximate surface area is 164 Å². The molecule has 0 saturated carbocycles. The molecule has 1 aliphatic rings. The Kier molecular flexibility index (Phi) is 6.31. The standard InChI is InChI=1S/C20H23FN2O4S/c1-15(16-4-6-17(21)7-5-16)22-20(24)14-27-18-8-10-19(11-9-18)28(25,26)23-12-2-3-13-23/h4-11,15H,2-3,12-14H2,1H3,(H,22,24). The van der Waals surface area contributed by atoms with E-state index in [1.807, 2.05) is 0 Å². The highest BCUT2D eigenvalue weighted by molar-refractivity contribution is 7.89. The third kappa shape index (κ3) is 4.88. The first-order valence-electron chi connectivity index (χ1n) is 9.14. The number of rotatable bonds is 7. The Hall–Kier alpha value is -2.45. The van der Waals surface area contributed by atoms with E-state index in [-0.39, 0.29) is 29.3 Å². The van der Waals surface area contributed by atoms with Gasteiger partial charge in [-0.1, -0.05) is 12.1 Å². The van der Waals surface area contributed by atoms with Crippen molar-refractivity contribution < 1.29 is 22.3 Å². The number of sulfonamides is 1. The molecule has 1 aliphatic heterocycles. The summed E-state index contributed by atoms with van der Waals surface area (Å²) in [6.45, 7) is 2.69. The topological polar surface area (TPSA) is 75.7 Å². The minimum Gasteiger partial charge on any atom is -0.484 e. The summed E-state index contributed by atoms with van der Waals surface area (Å²) in [5, 5.41) is 2.77. The Morgan fingerprint density at radius 1 is 1.11 bits per heavy atom. The molecule has 0 aromatic heterocycles. The highest BCUT2D eigenvalue weighted by Crippen LogP contribution is 2.23. The van der Waals surface area contributed by atoms with Crippen LogP contribution < -0.4 is 10.1 Å². The first kappa shape index (κ1) is 20.3. The number of nitrogens with zero attached hydrogens (tertiary/aromatic N) is 1. The van der Waals surface area contributed by atoms with Gasteiger partial charge in [0.15, 0.2) is 6.61 Å². The van der Waals surface area contributed by atoms with Crippen LogP contribution in [-0.2, 0) is 14.8 Å². The van der Waals surface area contributed by atoms with E-state index in [4.69, 9.17) is 4.74 Å². The van der Waals surface area contributed by atoms with Crippen LogP contribution in [0.4, 0.5) is 4.39 Å². The first-order chi connectivity index (χ1) is 13.4. The molecule has 150 valence electrons. The van der Waals surface area contributed by atoms with E-state index < -0.39 is 10.0 Å². The van der Waals surface area contributed by atoms with Crippen LogP contribution in [-0.4, -0.2) is 38.3 Å². The number of carbonyl (C=O) groups is 1. The summed E-state index contributed by atoms with van der Waals surface area (Å²) in [6.07, 6.45) is 1.76. The Morgan fingerprint density at radius 3 is 2.32 bits per heavy atom. The number of amides is 1. The lowest BCUT2D eigenvalue weighted by atomic mass is 10.1. The molecule has 0 radical (unpaired) electrons. The van der Waals surface area contributed by atoms with Gasteiger partial charge in [0.1, 0.15) is 11.6 Å². The zero-order valence-corrected chi connectivity index (χ0v) is 16.4. The second-order valence-electron chi connectivity index (χ2n) is 6.71. The summed E-state index contributed by atoms with van der Waals surface area (Å²) in [7, 11) is -3.46. The molecular weight excluding hydrogens is 383 g/mol. The molecule has 6 nitrogen and oxygen atoms in total. The van der Waals surface area contributed by atoms with Crippen molar-refractivity contribution in [3.63, 3.8) is 0 Å². The van der Waals surface area contributed by atoms with Crippen LogP contribution in [0.1, 0.15) is 31.4 Å². The molecule has 3 rings (SSSR count). The van der Waals surface area contributed by atoms with Crippen molar-refractivity contribution in [3.05, 3.63) is 59.9 Å². The predicted octanol–water partition coefficient (Wildman–Crippen LogP) is 2.87. The molecule has 1 fully saturated rings. The smallest absolute Gasteiger partial charge is 0.258 e. The highest BCUT2D eigenvalue weighted by atomic mass is 32.2. The summed E-state index contributed by atoms with van der Waals surface area (Å²) in [5.74, 6) is -0.253. The van der Waals surface area contributed by atoms with E-state index in [1.54, 1.807) is 31.2 Å². The molecule has 1 N–H and O–H groups in total. The van der Waals surface area contributed by atoms with Crippen molar-refractivity contribution in [2.75, 3.05) is 19.7 Å². The van der Waals surface area contributed by atoms with Gasteiger partial charge >= 0.3 is 0 Å². The van der Waals surface area contributed by atoms with E-state index in [0.29, 0.717) is 18.8 Å². The van der Waals surface area contributed by atoms with Crippen LogP contribution in [0.25, 0.3) is 0 Å². The molecule has 1 heterocycles. The molecule has 1 saturated heterocycles. The molecule has 1 unspecified atom stereocenters. The monoisotopic (exact) mass is 406 g/mol. The van der Waals surface area contributed by atoms with Crippen molar-refractivity contribution in [1.82, 2.24) is 9.62 Å². The molecule has 1 atom stereocenters. The summed E-state index contributed by atoms with van der Waals surface area (Å²) in [5.41, 5.74) is 0.784. The van der Waals surface area contributed by atoms with Crippen LogP contribution in [0.15, 0.2) is 53.4 Å².